The number of para-hydroxylation sites is 2. The van der Waals surface area contributed by atoms with Crippen molar-refractivity contribution < 1.29 is 51.0 Å². The van der Waals surface area contributed by atoms with E-state index in [0.717, 1.165) is 21.8 Å². The van der Waals surface area contributed by atoms with Gasteiger partial charge < -0.3 is 35.0 Å². The van der Waals surface area contributed by atoms with Crippen LogP contribution in [0.4, 0.5) is 0 Å². The van der Waals surface area contributed by atoms with Crippen molar-refractivity contribution in [2.45, 2.75) is 52.4 Å². The van der Waals surface area contributed by atoms with E-state index < -0.39 is 0 Å². The van der Waals surface area contributed by atoms with E-state index >= 15 is 0 Å². The van der Waals surface area contributed by atoms with Crippen LogP contribution in [0.2, 0.25) is 0 Å². The summed E-state index contributed by atoms with van der Waals surface area (Å²) in [5, 5.41) is 16.0. The summed E-state index contributed by atoms with van der Waals surface area (Å²) < 4.78 is 0. The van der Waals surface area contributed by atoms with Gasteiger partial charge in [0.15, 0.2) is 0 Å². The van der Waals surface area contributed by atoms with Crippen molar-refractivity contribution in [3.63, 3.8) is 0 Å². The molecule has 7 heteroatoms. The van der Waals surface area contributed by atoms with Gasteiger partial charge in [-0.25, -0.2) is 0 Å². The molecule has 0 aliphatic rings. The summed E-state index contributed by atoms with van der Waals surface area (Å²) in [6.45, 7) is 13.2. The molecule has 0 aliphatic heterocycles. The number of nitrogens with zero attached hydrogens (tertiary/aromatic N) is 2. The Balaban J connectivity index is 0.000000490. The van der Waals surface area contributed by atoms with Gasteiger partial charge in [-0.3, -0.25) is 10.2 Å². The van der Waals surface area contributed by atoms with Gasteiger partial charge in [0.25, 0.3) is 0 Å². The Hall–Kier alpha value is -1.16. The van der Waals surface area contributed by atoms with E-state index in [4.69, 9.17) is 0 Å². The van der Waals surface area contributed by atoms with Crippen LogP contribution in [0.5, 0.6) is 0 Å². The molecule has 4 aromatic rings. The fourth-order valence-corrected chi connectivity index (χ4v) is 3.07. The molecule has 2 N–H and O–H groups in total. The Kier molecular flexibility index (Phi) is 10.3. The van der Waals surface area contributed by atoms with Crippen LogP contribution in [-0.4, -0.2) is 20.4 Å². The zero-order valence-electron chi connectivity index (χ0n) is 17.6. The summed E-state index contributed by atoms with van der Waals surface area (Å²) in [5.41, 5.74) is 5.10. The largest absolute Gasteiger partial charge is 4.00 e. The molecule has 152 valence electrons. The number of hydrogen-bond acceptors (Lipinski definition) is 2. The third-order valence-corrected chi connectivity index (χ3v) is 4.43. The predicted molar refractivity (Wildman–Crippen MR) is 107 cm³/mol. The minimum atomic E-state index is 0. The van der Waals surface area contributed by atoms with Gasteiger partial charge in [0.05, 0.1) is 0 Å². The number of hydrogen-bond donors (Lipinski definition) is 2. The van der Waals surface area contributed by atoms with Crippen molar-refractivity contribution in [3.8, 4) is 0 Å². The summed E-state index contributed by atoms with van der Waals surface area (Å²) in [6, 6.07) is 12.4. The van der Waals surface area contributed by atoms with E-state index in [1.807, 2.05) is 12.1 Å². The second-order valence-corrected chi connectivity index (χ2v) is 8.63. The Bertz CT molecular complexity index is 942. The van der Waals surface area contributed by atoms with Gasteiger partial charge in [0, 0.05) is 0 Å². The van der Waals surface area contributed by atoms with E-state index in [-0.39, 0.29) is 61.8 Å². The van der Waals surface area contributed by atoms with Gasteiger partial charge in [-0.1, -0.05) is 64.8 Å². The number of fused-ring (bicyclic) bond motifs is 2. The first-order valence-corrected chi connectivity index (χ1v) is 8.88. The molecule has 0 saturated carbocycles. The quantitative estimate of drug-likeness (QED) is 0.310. The standard InChI is InChI=1S/2C11H13N2.2ClH.Zr/c2*1-11(2,3)9-6-4-5-8-7-12-13-10(8)9;;;/h2*4-6H,1-3H3,(H,12,13);2*1H;/q2*-1;;;+4/p-2. The molecule has 0 aliphatic carbocycles. The van der Waals surface area contributed by atoms with Crippen LogP contribution in [0.1, 0.15) is 52.7 Å². The second-order valence-electron chi connectivity index (χ2n) is 8.63. The summed E-state index contributed by atoms with van der Waals surface area (Å²) in [4.78, 5) is 0. The zero-order valence-corrected chi connectivity index (χ0v) is 21.6. The van der Waals surface area contributed by atoms with E-state index in [2.05, 4.69) is 98.6 Å². The van der Waals surface area contributed by atoms with Crippen molar-refractivity contribution >= 4 is 21.8 Å². The molecule has 4 nitrogen and oxygen atoms in total. The van der Waals surface area contributed by atoms with Crippen LogP contribution >= 0.6 is 0 Å². The number of halogens is 2. The zero-order chi connectivity index (χ0) is 18.9. The molecule has 0 bridgehead atoms. The van der Waals surface area contributed by atoms with Crippen molar-refractivity contribution in [1.29, 1.82) is 0 Å². The van der Waals surface area contributed by atoms with E-state index in [1.54, 1.807) is 0 Å². The molecule has 2 aromatic carbocycles. The molecule has 2 aromatic heterocycles. The first-order valence-electron chi connectivity index (χ1n) is 8.88. The third-order valence-electron chi connectivity index (χ3n) is 4.43. The van der Waals surface area contributed by atoms with Crippen LogP contribution in [0.15, 0.2) is 36.4 Å². The van der Waals surface area contributed by atoms with Crippen molar-refractivity contribution in [1.82, 2.24) is 20.4 Å². The molecule has 29 heavy (non-hydrogen) atoms. The maximum atomic E-state index is 3.93. The number of aromatic amines is 2. The van der Waals surface area contributed by atoms with E-state index in [1.165, 1.54) is 11.1 Å². The molecular weight excluding hydrogens is 482 g/mol. The minimum Gasteiger partial charge on any atom is -1.00 e. The number of rotatable bonds is 0. The van der Waals surface area contributed by atoms with Gasteiger partial charge in [0.1, 0.15) is 0 Å². The predicted octanol–water partition coefficient (Wildman–Crippen LogP) is -0.673. The summed E-state index contributed by atoms with van der Waals surface area (Å²) in [6.07, 6.45) is 5.85. The van der Waals surface area contributed by atoms with Crippen LogP contribution in [0, 0.1) is 12.4 Å². The third kappa shape index (κ3) is 6.41. The van der Waals surface area contributed by atoms with Crippen molar-refractivity contribution in [3.05, 3.63) is 59.9 Å². The first-order chi connectivity index (χ1) is 12.2. The number of aromatic nitrogens is 4. The Morgan fingerprint density at radius 3 is 1.31 bits per heavy atom. The Labute approximate surface area is 204 Å². The average molecular weight is 509 g/mol. The first kappa shape index (κ1) is 27.8. The minimum absolute atomic E-state index is 0. The molecule has 2 heterocycles. The van der Waals surface area contributed by atoms with E-state index in [0.29, 0.717) is 0 Å². The smallest absolute Gasteiger partial charge is 1.00 e. The monoisotopic (exact) mass is 506 g/mol. The summed E-state index contributed by atoms with van der Waals surface area (Å²) in [7, 11) is 0. The van der Waals surface area contributed by atoms with Gasteiger partial charge >= 0.3 is 26.2 Å². The normalized spacial score (nSPS) is 11.0. The van der Waals surface area contributed by atoms with Gasteiger partial charge in [-0.2, -0.15) is 12.1 Å². The number of nitrogens with one attached hydrogen (secondary N) is 2. The molecule has 4 rings (SSSR count). The molecule has 0 spiro atoms. The molecule has 0 radical (unpaired) electrons. The second kappa shape index (κ2) is 10.7. The average Bonchev–Trinajstić information content (AvgIpc) is 3.21. The van der Waals surface area contributed by atoms with Gasteiger partial charge in [0.2, 0.25) is 0 Å². The van der Waals surface area contributed by atoms with Crippen LogP contribution in [-0.2, 0) is 37.0 Å². The van der Waals surface area contributed by atoms with Crippen LogP contribution < -0.4 is 24.8 Å². The number of benzene rings is 2. The maximum absolute atomic E-state index is 3.93. The maximum Gasteiger partial charge on any atom is 4.00 e. The van der Waals surface area contributed by atoms with Crippen molar-refractivity contribution in [2.24, 2.45) is 0 Å². The Morgan fingerprint density at radius 1 is 0.655 bits per heavy atom. The molecule has 0 unspecified atom stereocenters. The number of H-pyrrole nitrogens is 2. The SMILES string of the molecule is CC(C)(C)c1cccc2[c-]n[nH]c12.CC(C)(C)c1cccc2[c-]n[nH]c12.[Cl-].[Cl-].[Zr+4]. The molecule has 0 fully saturated rings. The van der Waals surface area contributed by atoms with Crippen LogP contribution in [0.25, 0.3) is 21.8 Å². The topological polar surface area (TPSA) is 57.4 Å². The van der Waals surface area contributed by atoms with Gasteiger partial charge in [-0.05, 0) is 34.3 Å². The fourth-order valence-electron chi connectivity index (χ4n) is 3.07. The van der Waals surface area contributed by atoms with E-state index in [9.17, 15) is 0 Å². The van der Waals surface area contributed by atoms with Gasteiger partial charge in [-0.15, -0.1) is 22.9 Å². The fraction of sp³-hybridized carbons (Fsp3) is 0.364. The summed E-state index contributed by atoms with van der Waals surface area (Å²) >= 11 is 0. The molecule has 0 saturated heterocycles. The molecule has 0 atom stereocenters. The Morgan fingerprint density at radius 2 is 1.00 bits per heavy atom. The summed E-state index contributed by atoms with van der Waals surface area (Å²) in [5.74, 6) is 0. The van der Waals surface area contributed by atoms with Crippen LogP contribution in [0.3, 0.4) is 0 Å². The molecular formula is C22H26Cl2N4Zr. The molecule has 0 amide bonds. The van der Waals surface area contributed by atoms with Crippen molar-refractivity contribution in [2.75, 3.05) is 0 Å².